The van der Waals surface area contributed by atoms with Crippen molar-refractivity contribution in [2.75, 3.05) is 13.1 Å². The van der Waals surface area contributed by atoms with Crippen LogP contribution in [0.3, 0.4) is 0 Å². The summed E-state index contributed by atoms with van der Waals surface area (Å²) in [5.74, 6) is 0.138. The van der Waals surface area contributed by atoms with Crippen molar-refractivity contribution in [3.63, 3.8) is 0 Å². The predicted molar refractivity (Wildman–Crippen MR) is 77.6 cm³/mol. The van der Waals surface area contributed by atoms with Crippen LogP contribution < -0.4 is 5.73 Å². The van der Waals surface area contributed by atoms with Gasteiger partial charge >= 0.3 is 0 Å². The fourth-order valence-electron chi connectivity index (χ4n) is 1.63. The van der Waals surface area contributed by atoms with Gasteiger partial charge in [0.25, 0.3) is 0 Å². The van der Waals surface area contributed by atoms with Crippen LogP contribution in [-0.2, 0) is 11.3 Å². The monoisotopic (exact) mass is 268 g/mol. The molecule has 0 aliphatic rings. The molecule has 3 nitrogen and oxygen atoms in total. The molecule has 0 atom stereocenters. The maximum absolute atomic E-state index is 11.9. The van der Waals surface area contributed by atoms with Gasteiger partial charge in [-0.3, -0.25) is 4.79 Å². The largest absolute Gasteiger partial charge is 0.335 e. The van der Waals surface area contributed by atoms with Crippen LogP contribution in [0.25, 0.3) is 0 Å². The van der Waals surface area contributed by atoms with E-state index in [0.717, 1.165) is 12.0 Å². The number of nitrogens with two attached hydrogens (primary N) is 1. The Morgan fingerprint density at radius 3 is 2.56 bits per heavy atom. The van der Waals surface area contributed by atoms with E-state index < -0.39 is 0 Å². The van der Waals surface area contributed by atoms with Gasteiger partial charge in [0.2, 0.25) is 5.91 Å². The molecule has 100 valence electrons. The van der Waals surface area contributed by atoms with E-state index in [9.17, 15) is 4.79 Å². The topological polar surface area (TPSA) is 46.3 Å². The van der Waals surface area contributed by atoms with Crippen molar-refractivity contribution in [3.05, 3.63) is 48.6 Å². The third-order valence-corrected chi connectivity index (χ3v) is 2.51. The summed E-state index contributed by atoms with van der Waals surface area (Å²) >= 11 is 0. The highest BCUT2D eigenvalue weighted by atomic mass is 35.5. The summed E-state index contributed by atoms with van der Waals surface area (Å²) in [6, 6.07) is 9.97. The zero-order valence-corrected chi connectivity index (χ0v) is 11.4. The molecule has 0 saturated heterocycles. The second-order valence-corrected chi connectivity index (χ2v) is 3.94. The minimum absolute atomic E-state index is 0. The SMILES string of the molecule is C=CCN(Cc1ccccc1)C(=O)CCCN.Cl. The summed E-state index contributed by atoms with van der Waals surface area (Å²) in [5.41, 5.74) is 6.55. The minimum atomic E-state index is 0. The van der Waals surface area contributed by atoms with Crippen molar-refractivity contribution < 1.29 is 4.79 Å². The summed E-state index contributed by atoms with van der Waals surface area (Å²) < 4.78 is 0. The lowest BCUT2D eigenvalue weighted by atomic mass is 10.2. The molecule has 0 unspecified atom stereocenters. The third kappa shape index (κ3) is 5.84. The Kier molecular flexibility index (Phi) is 8.97. The molecule has 4 heteroatoms. The second-order valence-electron chi connectivity index (χ2n) is 3.94. The maximum Gasteiger partial charge on any atom is 0.223 e. The standard InChI is InChI=1S/C14H20N2O.ClH/c1-2-11-16(14(17)9-6-10-15)12-13-7-4-3-5-8-13;/h2-5,7-8H,1,6,9-12,15H2;1H. The van der Waals surface area contributed by atoms with Crippen LogP contribution in [0.2, 0.25) is 0 Å². The van der Waals surface area contributed by atoms with Gasteiger partial charge in [-0.05, 0) is 18.5 Å². The molecule has 2 N–H and O–H groups in total. The highest BCUT2D eigenvalue weighted by Gasteiger charge is 2.11. The molecule has 0 fully saturated rings. The second kappa shape index (κ2) is 9.68. The van der Waals surface area contributed by atoms with Crippen LogP contribution in [0.5, 0.6) is 0 Å². The average Bonchev–Trinajstić information content (AvgIpc) is 2.36. The lowest BCUT2D eigenvalue weighted by Crippen LogP contribution is -2.30. The van der Waals surface area contributed by atoms with Gasteiger partial charge in [0, 0.05) is 19.5 Å². The quantitative estimate of drug-likeness (QED) is 0.772. The van der Waals surface area contributed by atoms with Crippen molar-refractivity contribution in [2.24, 2.45) is 5.73 Å². The molecule has 1 aromatic carbocycles. The average molecular weight is 269 g/mol. The molecule has 0 aliphatic carbocycles. The van der Waals surface area contributed by atoms with E-state index >= 15 is 0 Å². The zero-order valence-electron chi connectivity index (χ0n) is 10.5. The Balaban J connectivity index is 0.00000289. The molecule has 0 radical (unpaired) electrons. The van der Waals surface area contributed by atoms with E-state index in [2.05, 4.69) is 6.58 Å². The number of halogens is 1. The third-order valence-electron chi connectivity index (χ3n) is 2.51. The van der Waals surface area contributed by atoms with E-state index in [4.69, 9.17) is 5.73 Å². The Morgan fingerprint density at radius 2 is 2.00 bits per heavy atom. The Labute approximate surface area is 115 Å². The van der Waals surface area contributed by atoms with Crippen LogP contribution >= 0.6 is 12.4 Å². The smallest absolute Gasteiger partial charge is 0.223 e. The molecule has 0 bridgehead atoms. The summed E-state index contributed by atoms with van der Waals surface area (Å²) in [6.07, 6.45) is 3.00. The van der Waals surface area contributed by atoms with E-state index in [-0.39, 0.29) is 18.3 Å². The maximum atomic E-state index is 11.9. The first kappa shape index (κ1) is 16.7. The molecule has 0 aromatic heterocycles. The first-order valence-corrected chi connectivity index (χ1v) is 5.90. The van der Waals surface area contributed by atoms with Gasteiger partial charge in [-0.2, -0.15) is 0 Å². The van der Waals surface area contributed by atoms with Crippen LogP contribution in [0.15, 0.2) is 43.0 Å². The number of rotatable bonds is 7. The lowest BCUT2D eigenvalue weighted by molar-refractivity contribution is -0.131. The molecule has 0 aliphatic heterocycles. The van der Waals surface area contributed by atoms with E-state index in [1.807, 2.05) is 30.3 Å². The minimum Gasteiger partial charge on any atom is -0.335 e. The fourth-order valence-corrected chi connectivity index (χ4v) is 1.63. The zero-order chi connectivity index (χ0) is 12.5. The van der Waals surface area contributed by atoms with Gasteiger partial charge < -0.3 is 10.6 Å². The Hall–Kier alpha value is -1.32. The molecular weight excluding hydrogens is 248 g/mol. The Bertz CT molecular complexity index is 354. The molecule has 0 heterocycles. The summed E-state index contributed by atoms with van der Waals surface area (Å²) in [7, 11) is 0. The van der Waals surface area contributed by atoms with Crippen molar-refractivity contribution in [1.29, 1.82) is 0 Å². The number of benzene rings is 1. The lowest BCUT2D eigenvalue weighted by Gasteiger charge is -2.21. The van der Waals surface area contributed by atoms with E-state index in [1.54, 1.807) is 11.0 Å². The first-order chi connectivity index (χ1) is 8.27. The van der Waals surface area contributed by atoms with Crippen molar-refractivity contribution in [1.82, 2.24) is 4.90 Å². The number of carbonyl (C=O) groups is 1. The Morgan fingerprint density at radius 1 is 1.33 bits per heavy atom. The number of carbonyl (C=O) groups excluding carboxylic acids is 1. The number of hydrogen-bond acceptors (Lipinski definition) is 2. The molecular formula is C14H21ClN2O. The first-order valence-electron chi connectivity index (χ1n) is 5.90. The van der Waals surface area contributed by atoms with Gasteiger partial charge in [-0.25, -0.2) is 0 Å². The number of nitrogens with zero attached hydrogens (tertiary/aromatic N) is 1. The van der Waals surface area contributed by atoms with E-state index in [0.29, 0.717) is 26.1 Å². The fraction of sp³-hybridized carbons (Fsp3) is 0.357. The number of hydrogen-bond donors (Lipinski definition) is 1. The van der Waals surface area contributed by atoms with Gasteiger partial charge in [0.1, 0.15) is 0 Å². The molecule has 1 aromatic rings. The van der Waals surface area contributed by atoms with E-state index in [1.165, 1.54) is 0 Å². The highest BCUT2D eigenvalue weighted by Crippen LogP contribution is 2.06. The van der Waals surface area contributed by atoms with Crippen LogP contribution in [0.4, 0.5) is 0 Å². The van der Waals surface area contributed by atoms with Crippen LogP contribution in [0, 0.1) is 0 Å². The van der Waals surface area contributed by atoms with Gasteiger partial charge in [0.15, 0.2) is 0 Å². The molecule has 1 amide bonds. The molecule has 0 spiro atoms. The normalized spacial score (nSPS) is 9.39. The van der Waals surface area contributed by atoms with Gasteiger partial charge in [-0.15, -0.1) is 19.0 Å². The van der Waals surface area contributed by atoms with Crippen LogP contribution in [0.1, 0.15) is 18.4 Å². The van der Waals surface area contributed by atoms with Crippen molar-refractivity contribution in [2.45, 2.75) is 19.4 Å². The molecule has 18 heavy (non-hydrogen) atoms. The van der Waals surface area contributed by atoms with Crippen LogP contribution in [-0.4, -0.2) is 23.9 Å². The number of amides is 1. The van der Waals surface area contributed by atoms with Crippen molar-refractivity contribution >= 4 is 18.3 Å². The molecule has 1 rings (SSSR count). The van der Waals surface area contributed by atoms with Gasteiger partial charge in [-0.1, -0.05) is 36.4 Å². The predicted octanol–water partition coefficient (Wildman–Crippen LogP) is 2.36. The van der Waals surface area contributed by atoms with Gasteiger partial charge in [0.05, 0.1) is 0 Å². The summed E-state index contributed by atoms with van der Waals surface area (Å²) in [6.45, 7) is 5.46. The summed E-state index contributed by atoms with van der Waals surface area (Å²) in [4.78, 5) is 13.7. The highest BCUT2D eigenvalue weighted by molar-refractivity contribution is 5.85. The molecule has 0 saturated carbocycles. The van der Waals surface area contributed by atoms with Crippen molar-refractivity contribution in [3.8, 4) is 0 Å². The summed E-state index contributed by atoms with van der Waals surface area (Å²) in [5, 5.41) is 0.